The van der Waals surface area contributed by atoms with Crippen LogP contribution in [0.3, 0.4) is 0 Å². The number of rotatable bonds is 4. The zero-order valence-corrected chi connectivity index (χ0v) is 11.1. The fourth-order valence-corrected chi connectivity index (χ4v) is 2.21. The molecular weight excluding hydrogens is 248 g/mol. The Hall–Kier alpha value is -1.62. The van der Waals surface area contributed by atoms with E-state index in [-0.39, 0.29) is 5.91 Å². The highest BCUT2D eigenvalue weighted by molar-refractivity contribution is 7.80. The molecule has 0 aromatic heterocycles. The van der Waals surface area contributed by atoms with Crippen molar-refractivity contribution < 1.29 is 9.53 Å². The Kier molecular flexibility index (Phi) is 3.81. The molecular formula is C13H16N2O2S. The van der Waals surface area contributed by atoms with Crippen LogP contribution in [0.5, 0.6) is 5.75 Å². The SMILES string of the molecule is CCN(CC(N)=S)C(=O)C1Cc2ccccc2O1. The smallest absolute Gasteiger partial charge is 0.264 e. The first kappa shape index (κ1) is 12.8. The summed E-state index contributed by atoms with van der Waals surface area (Å²) in [5.41, 5.74) is 6.56. The summed E-state index contributed by atoms with van der Waals surface area (Å²) in [7, 11) is 0. The van der Waals surface area contributed by atoms with Crippen molar-refractivity contribution in [1.29, 1.82) is 0 Å². The fourth-order valence-electron chi connectivity index (χ4n) is 2.06. The van der Waals surface area contributed by atoms with Gasteiger partial charge in [0.15, 0.2) is 6.10 Å². The van der Waals surface area contributed by atoms with Crippen LogP contribution in [-0.4, -0.2) is 35.0 Å². The molecule has 2 N–H and O–H groups in total. The Morgan fingerprint density at radius 3 is 2.89 bits per heavy atom. The molecule has 1 aromatic carbocycles. The maximum absolute atomic E-state index is 12.3. The third-order valence-corrected chi connectivity index (χ3v) is 3.09. The van der Waals surface area contributed by atoms with Crippen molar-refractivity contribution in [2.24, 2.45) is 5.73 Å². The Labute approximate surface area is 112 Å². The summed E-state index contributed by atoms with van der Waals surface area (Å²) >= 11 is 4.84. The Balaban J connectivity index is 2.06. The lowest BCUT2D eigenvalue weighted by atomic mass is 10.1. The van der Waals surface area contributed by atoms with E-state index in [0.717, 1.165) is 11.3 Å². The van der Waals surface area contributed by atoms with Crippen LogP contribution in [0.4, 0.5) is 0 Å². The lowest BCUT2D eigenvalue weighted by Gasteiger charge is -2.23. The molecule has 0 spiro atoms. The zero-order chi connectivity index (χ0) is 13.1. The van der Waals surface area contributed by atoms with Crippen LogP contribution in [0.1, 0.15) is 12.5 Å². The van der Waals surface area contributed by atoms with Crippen LogP contribution in [0.15, 0.2) is 24.3 Å². The average Bonchev–Trinajstić information content (AvgIpc) is 2.78. The van der Waals surface area contributed by atoms with E-state index in [9.17, 15) is 4.79 Å². The van der Waals surface area contributed by atoms with Crippen molar-refractivity contribution in [3.63, 3.8) is 0 Å². The predicted molar refractivity (Wildman–Crippen MR) is 73.6 cm³/mol. The number of thiocarbonyl (C=S) groups is 1. The molecule has 1 amide bonds. The Morgan fingerprint density at radius 1 is 1.56 bits per heavy atom. The molecule has 18 heavy (non-hydrogen) atoms. The summed E-state index contributed by atoms with van der Waals surface area (Å²) in [5, 5.41) is 0. The number of hydrogen-bond acceptors (Lipinski definition) is 3. The lowest BCUT2D eigenvalue weighted by molar-refractivity contribution is -0.136. The Bertz CT molecular complexity index is 451. The third kappa shape index (κ3) is 2.61. The first-order valence-electron chi connectivity index (χ1n) is 5.93. The molecule has 0 aliphatic carbocycles. The first-order chi connectivity index (χ1) is 8.61. The van der Waals surface area contributed by atoms with Crippen molar-refractivity contribution in [1.82, 2.24) is 4.90 Å². The van der Waals surface area contributed by atoms with E-state index >= 15 is 0 Å². The summed E-state index contributed by atoms with van der Waals surface area (Å²) in [6.45, 7) is 2.78. The number of hydrogen-bond donors (Lipinski definition) is 1. The maximum Gasteiger partial charge on any atom is 0.264 e. The van der Waals surface area contributed by atoms with Crippen molar-refractivity contribution in [2.45, 2.75) is 19.4 Å². The van der Waals surface area contributed by atoms with Gasteiger partial charge in [-0.3, -0.25) is 4.79 Å². The minimum absolute atomic E-state index is 0.0542. The number of ether oxygens (including phenoxy) is 1. The molecule has 1 aromatic rings. The van der Waals surface area contributed by atoms with Gasteiger partial charge < -0.3 is 15.4 Å². The van der Waals surface area contributed by atoms with E-state index in [4.69, 9.17) is 22.7 Å². The summed E-state index contributed by atoms with van der Waals surface area (Å²) in [6, 6.07) is 7.71. The maximum atomic E-state index is 12.3. The fraction of sp³-hybridized carbons (Fsp3) is 0.385. The number of benzene rings is 1. The largest absolute Gasteiger partial charge is 0.480 e. The summed E-state index contributed by atoms with van der Waals surface area (Å²) in [4.78, 5) is 14.2. The number of carbonyl (C=O) groups excluding carboxylic acids is 1. The number of amides is 1. The standard InChI is InChI=1S/C13H16N2O2S/c1-2-15(8-12(14)18)13(16)11-7-9-5-3-4-6-10(9)17-11/h3-6,11H,2,7-8H2,1H3,(H2,14,18). The van der Waals surface area contributed by atoms with Crippen molar-refractivity contribution in [3.8, 4) is 5.75 Å². The third-order valence-electron chi connectivity index (χ3n) is 2.96. The second kappa shape index (κ2) is 5.35. The molecule has 1 atom stereocenters. The van der Waals surface area contributed by atoms with Crippen LogP contribution in [0.2, 0.25) is 0 Å². The molecule has 0 saturated carbocycles. The van der Waals surface area contributed by atoms with Gasteiger partial charge in [-0.1, -0.05) is 30.4 Å². The lowest BCUT2D eigenvalue weighted by Crippen LogP contribution is -2.44. The van der Waals surface area contributed by atoms with Crippen molar-refractivity contribution in [3.05, 3.63) is 29.8 Å². The number of fused-ring (bicyclic) bond motifs is 1. The predicted octanol–water partition coefficient (Wildman–Crippen LogP) is 1.12. The molecule has 5 heteroatoms. The topological polar surface area (TPSA) is 55.6 Å². The van der Waals surface area contributed by atoms with Crippen molar-refractivity contribution >= 4 is 23.1 Å². The molecule has 0 bridgehead atoms. The molecule has 1 aliphatic rings. The molecule has 0 saturated heterocycles. The summed E-state index contributed by atoms with van der Waals surface area (Å²) < 4.78 is 5.66. The first-order valence-corrected chi connectivity index (χ1v) is 6.34. The second-order valence-electron chi connectivity index (χ2n) is 4.24. The van der Waals surface area contributed by atoms with Gasteiger partial charge in [0.25, 0.3) is 5.91 Å². The quantitative estimate of drug-likeness (QED) is 0.828. The average molecular weight is 264 g/mol. The van der Waals surface area contributed by atoms with E-state index in [1.807, 2.05) is 31.2 Å². The van der Waals surface area contributed by atoms with Crippen LogP contribution in [-0.2, 0) is 11.2 Å². The number of likely N-dealkylation sites (N-methyl/N-ethyl adjacent to an activating group) is 1. The molecule has 1 heterocycles. The van der Waals surface area contributed by atoms with Gasteiger partial charge in [-0.05, 0) is 18.6 Å². The van der Waals surface area contributed by atoms with Gasteiger partial charge in [0.2, 0.25) is 0 Å². The molecule has 96 valence electrons. The van der Waals surface area contributed by atoms with Gasteiger partial charge in [-0.2, -0.15) is 0 Å². The normalized spacial score (nSPS) is 16.8. The van der Waals surface area contributed by atoms with E-state index < -0.39 is 6.10 Å². The number of para-hydroxylation sites is 1. The van der Waals surface area contributed by atoms with E-state index in [1.54, 1.807) is 4.90 Å². The van der Waals surface area contributed by atoms with Crippen LogP contribution in [0, 0.1) is 0 Å². The molecule has 0 radical (unpaired) electrons. The molecule has 4 nitrogen and oxygen atoms in total. The van der Waals surface area contributed by atoms with Crippen LogP contribution in [0.25, 0.3) is 0 Å². The van der Waals surface area contributed by atoms with Gasteiger partial charge in [0.05, 0.1) is 11.5 Å². The van der Waals surface area contributed by atoms with E-state index in [0.29, 0.717) is 24.5 Å². The highest BCUT2D eigenvalue weighted by atomic mass is 32.1. The Morgan fingerprint density at radius 2 is 2.28 bits per heavy atom. The highest BCUT2D eigenvalue weighted by Gasteiger charge is 2.31. The van der Waals surface area contributed by atoms with E-state index in [1.165, 1.54) is 0 Å². The van der Waals surface area contributed by atoms with Gasteiger partial charge in [0.1, 0.15) is 5.75 Å². The monoisotopic (exact) mass is 264 g/mol. The van der Waals surface area contributed by atoms with Crippen LogP contribution >= 0.6 is 12.2 Å². The minimum atomic E-state index is -0.448. The van der Waals surface area contributed by atoms with Crippen LogP contribution < -0.4 is 10.5 Å². The molecule has 1 unspecified atom stereocenters. The number of nitrogens with two attached hydrogens (primary N) is 1. The van der Waals surface area contributed by atoms with Gasteiger partial charge >= 0.3 is 0 Å². The number of carbonyl (C=O) groups is 1. The molecule has 2 rings (SSSR count). The summed E-state index contributed by atoms with van der Waals surface area (Å²) in [5.74, 6) is 0.740. The molecule has 0 fully saturated rings. The van der Waals surface area contributed by atoms with E-state index in [2.05, 4.69) is 0 Å². The minimum Gasteiger partial charge on any atom is -0.480 e. The highest BCUT2D eigenvalue weighted by Crippen LogP contribution is 2.28. The van der Waals surface area contributed by atoms with Gasteiger partial charge in [0, 0.05) is 13.0 Å². The molecule has 1 aliphatic heterocycles. The number of nitrogens with zero attached hydrogens (tertiary/aromatic N) is 1. The zero-order valence-electron chi connectivity index (χ0n) is 10.3. The van der Waals surface area contributed by atoms with Gasteiger partial charge in [-0.15, -0.1) is 0 Å². The second-order valence-corrected chi connectivity index (χ2v) is 4.76. The van der Waals surface area contributed by atoms with Crippen molar-refractivity contribution in [2.75, 3.05) is 13.1 Å². The van der Waals surface area contributed by atoms with Gasteiger partial charge in [-0.25, -0.2) is 0 Å². The summed E-state index contributed by atoms with van der Waals surface area (Å²) in [6.07, 6.45) is 0.166.